The fourth-order valence-electron chi connectivity index (χ4n) is 2.89. The Kier molecular flexibility index (Phi) is 5.31. The number of carbonyl (C=O) groups is 3. The van der Waals surface area contributed by atoms with Gasteiger partial charge in [0, 0.05) is 6.54 Å². The van der Waals surface area contributed by atoms with E-state index >= 15 is 0 Å². The van der Waals surface area contributed by atoms with Gasteiger partial charge in [0.15, 0.2) is 12.0 Å². The van der Waals surface area contributed by atoms with Gasteiger partial charge in [0.05, 0.1) is 12.7 Å². The number of methoxy groups -OCH3 is 1. The summed E-state index contributed by atoms with van der Waals surface area (Å²) in [6.07, 6.45) is -4.34. The topological polar surface area (TPSA) is 117 Å². The summed E-state index contributed by atoms with van der Waals surface area (Å²) in [6, 6.07) is -0.677. The maximum absolute atomic E-state index is 13.5. The number of carboxylic acid groups (broad SMARTS) is 1. The van der Waals surface area contributed by atoms with Crippen LogP contribution in [0.1, 0.15) is 35.4 Å². The van der Waals surface area contributed by atoms with Crippen LogP contribution in [0.4, 0.5) is 19.1 Å². The lowest BCUT2D eigenvalue weighted by molar-refractivity contribution is -0.266. The molecule has 0 aromatic carbocycles. The van der Waals surface area contributed by atoms with Crippen molar-refractivity contribution in [1.82, 2.24) is 0 Å². The van der Waals surface area contributed by atoms with Crippen molar-refractivity contribution in [2.45, 2.75) is 37.1 Å². The second kappa shape index (κ2) is 6.98. The Balaban J connectivity index is 2.69. The van der Waals surface area contributed by atoms with Gasteiger partial charge < -0.3 is 24.3 Å². The zero-order valence-corrected chi connectivity index (χ0v) is 13.6. The summed E-state index contributed by atoms with van der Waals surface area (Å²) in [6.45, 7) is 0.00485. The minimum absolute atomic E-state index is 0.00485. The van der Waals surface area contributed by atoms with E-state index in [1.165, 1.54) is 0 Å². The van der Waals surface area contributed by atoms with Gasteiger partial charge in [-0.25, -0.2) is 9.59 Å². The van der Waals surface area contributed by atoms with Crippen molar-refractivity contribution in [3.05, 3.63) is 17.4 Å². The molecule has 26 heavy (non-hydrogen) atoms. The first-order valence-electron chi connectivity index (χ1n) is 7.54. The van der Waals surface area contributed by atoms with Gasteiger partial charge in [0.25, 0.3) is 5.60 Å². The molecule has 1 fully saturated rings. The lowest BCUT2D eigenvalue weighted by Crippen LogP contribution is -2.52. The van der Waals surface area contributed by atoms with Crippen LogP contribution < -0.4 is 4.90 Å². The number of hydrogen-bond donors (Lipinski definition) is 2. The van der Waals surface area contributed by atoms with Crippen LogP contribution in [0.5, 0.6) is 0 Å². The van der Waals surface area contributed by atoms with Gasteiger partial charge in [-0.05, 0) is 25.3 Å². The molecule has 2 atom stereocenters. The first-order chi connectivity index (χ1) is 12.1. The smallest absolute Gasteiger partial charge is 0.432 e. The number of ether oxygens (including phenoxy) is 1. The van der Waals surface area contributed by atoms with Gasteiger partial charge in [-0.15, -0.1) is 0 Å². The average Bonchev–Trinajstić information content (AvgIpc) is 3.03. The lowest BCUT2D eigenvalue weighted by atomic mass is 9.93. The van der Waals surface area contributed by atoms with Crippen LogP contribution in [0.3, 0.4) is 0 Å². The Morgan fingerprint density at radius 1 is 1.38 bits per heavy atom. The predicted molar refractivity (Wildman–Crippen MR) is 78.7 cm³/mol. The van der Waals surface area contributed by atoms with Gasteiger partial charge in [0.2, 0.25) is 5.88 Å². The number of furan rings is 1. The normalized spacial score (nSPS) is 20.3. The Bertz CT molecular complexity index is 715. The molecule has 2 heterocycles. The van der Waals surface area contributed by atoms with E-state index in [4.69, 9.17) is 4.42 Å². The molecule has 1 aromatic rings. The van der Waals surface area contributed by atoms with Crippen molar-refractivity contribution in [1.29, 1.82) is 0 Å². The van der Waals surface area contributed by atoms with Gasteiger partial charge in [-0.2, -0.15) is 13.2 Å². The minimum atomic E-state index is -5.51. The van der Waals surface area contributed by atoms with Crippen molar-refractivity contribution in [2.24, 2.45) is 0 Å². The van der Waals surface area contributed by atoms with Crippen LogP contribution >= 0.6 is 0 Å². The minimum Gasteiger partial charge on any atom is -0.480 e. The van der Waals surface area contributed by atoms with Crippen molar-refractivity contribution < 1.29 is 46.9 Å². The molecule has 1 aliphatic rings. The average molecular weight is 379 g/mol. The molecule has 8 nitrogen and oxygen atoms in total. The third kappa shape index (κ3) is 3.14. The summed E-state index contributed by atoms with van der Waals surface area (Å²) >= 11 is 0. The molecule has 1 saturated heterocycles. The molecule has 2 rings (SSSR count). The number of carboxylic acids is 1. The van der Waals surface area contributed by atoms with Crippen LogP contribution in [0.2, 0.25) is 0 Å². The molecule has 0 spiro atoms. The maximum Gasteiger partial charge on any atom is 0.432 e. The van der Waals surface area contributed by atoms with Crippen LogP contribution in [-0.4, -0.2) is 54.3 Å². The third-order valence-corrected chi connectivity index (χ3v) is 4.18. The molecule has 144 valence electrons. The van der Waals surface area contributed by atoms with Crippen LogP contribution in [-0.2, 0) is 19.9 Å². The number of halogens is 3. The summed E-state index contributed by atoms with van der Waals surface area (Å²) in [7, 11) is 0.653. The molecule has 2 unspecified atom stereocenters. The van der Waals surface area contributed by atoms with E-state index in [1.54, 1.807) is 0 Å². The van der Waals surface area contributed by atoms with E-state index in [1.807, 2.05) is 0 Å². The van der Waals surface area contributed by atoms with Gasteiger partial charge in [-0.3, -0.25) is 4.79 Å². The molecule has 0 bridgehead atoms. The zero-order valence-electron chi connectivity index (χ0n) is 13.6. The molecule has 1 aromatic heterocycles. The van der Waals surface area contributed by atoms with Crippen LogP contribution in [0.15, 0.2) is 10.5 Å². The number of anilines is 1. The van der Waals surface area contributed by atoms with E-state index < -0.39 is 47.0 Å². The number of piperidine rings is 1. The van der Waals surface area contributed by atoms with Crippen molar-refractivity contribution in [3.63, 3.8) is 0 Å². The Morgan fingerprint density at radius 2 is 2.04 bits per heavy atom. The fraction of sp³-hybridized carbons (Fsp3) is 0.533. The van der Waals surface area contributed by atoms with E-state index in [0.717, 1.165) is 4.90 Å². The molecular formula is C15H16F3NO7. The first-order valence-corrected chi connectivity index (χ1v) is 7.54. The quantitative estimate of drug-likeness (QED) is 0.583. The summed E-state index contributed by atoms with van der Waals surface area (Å²) < 4.78 is 49.7. The third-order valence-electron chi connectivity index (χ3n) is 4.18. The Labute approximate surface area is 145 Å². The molecule has 0 radical (unpaired) electrons. The molecule has 2 N–H and O–H groups in total. The Hall–Kier alpha value is -2.56. The van der Waals surface area contributed by atoms with Crippen molar-refractivity contribution >= 4 is 24.1 Å². The monoisotopic (exact) mass is 379 g/mol. The van der Waals surface area contributed by atoms with Crippen LogP contribution in [0, 0.1) is 0 Å². The highest BCUT2D eigenvalue weighted by atomic mass is 19.4. The fourth-order valence-corrected chi connectivity index (χ4v) is 2.89. The maximum atomic E-state index is 13.5. The Morgan fingerprint density at radius 3 is 2.54 bits per heavy atom. The van der Waals surface area contributed by atoms with Crippen molar-refractivity contribution in [3.8, 4) is 0 Å². The lowest BCUT2D eigenvalue weighted by Gasteiger charge is -2.35. The first kappa shape index (κ1) is 19.8. The van der Waals surface area contributed by atoms with E-state index in [2.05, 4.69) is 4.74 Å². The largest absolute Gasteiger partial charge is 0.480 e. The second-order valence-electron chi connectivity index (χ2n) is 5.73. The predicted octanol–water partition coefficient (Wildman–Crippen LogP) is 1.46. The van der Waals surface area contributed by atoms with Crippen LogP contribution in [0.25, 0.3) is 0 Å². The number of carbonyl (C=O) groups excluding carboxylic acids is 2. The zero-order chi connectivity index (χ0) is 19.7. The van der Waals surface area contributed by atoms with E-state index in [9.17, 15) is 37.8 Å². The number of nitrogens with zero attached hydrogens (tertiary/aromatic N) is 1. The SMILES string of the molecule is COC(=O)C(O)(c1cc(C=O)oc1N1CCCCC1C(=O)O)C(F)(F)F. The standard InChI is InChI=1S/C15H16F3NO7/c1-25-13(23)14(24,15(16,17)18)9-6-8(7-20)26-11(9)19-5-3-2-4-10(19)12(21)22/h6-7,10,24H,2-5H2,1H3,(H,21,22). The highest BCUT2D eigenvalue weighted by Crippen LogP contribution is 2.46. The highest BCUT2D eigenvalue weighted by molar-refractivity contribution is 5.87. The molecule has 0 aliphatic carbocycles. The number of alkyl halides is 3. The second-order valence-corrected chi connectivity index (χ2v) is 5.73. The number of aldehydes is 1. The van der Waals surface area contributed by atoms with Crippen molar-refractivity contribution in [2.75, 3.05) is 18.6 Å². The van der Waals surface area contributed by atoms with Gasteiger partial charge >= 0.3 is 18.1 Å². The number of esters is 1. The molecule has 1 aliphatic heterocycles. The number of aliphatic hydroxyl groups is 1. The summed E-state index contributed by atoms with van der Waals surface area (Å²) in [5, 5.41) is 19.5. The molecule has 11 heteroatoms. The highest BCUT2D eigenvalue weighted by Gasteiger charge is 2.64. The molecule has 0 amide bonds. The molecule has 0 saturated carbocycles. The number of rotatable bonds is 5. The van der Waals surface area contributed by atoms with E-state index in [0.29, 0.717) is 26.0 Å². The summed E-state index contributed by atoms with van der Waals surface area (Å²) in [5.74, 6) is -4.65. The number of hydrogen-bond acceptors (Lipinski definition) is 7. The van der Waals surface area contributed by atoms with Gasteiger partial charge in [0.1, 0.15) is 6.04 Å². The summed E-state index contributed by atoms with van der Waals surface area (Å²) in [5.41, 5.74) is -5.21. The number of aliphatic carboxylic acids is 1. The summed E-state index contributed by atoms with van der Waals surface area (Å²) in [4.78, 5) is 35.2. The van der Waals surface area contributed by atoms with Gasteiger partial charge in [-0.1, -0.05) is 0 Å². The molecular weight excluding hydrogens is 363 g/mol. The van der Waals surface area contributed by atoms with E-state index in [-0.39, 0.29) is 19.3 Å².